The first-order valence-corrected chi connectivity index (χ1v) is 10.7. The molecule has 2 aromatic heterocycles. The third-order valence-electron chi connectivity index (χ3n) is 7.48. The predicted octanol–water partition coefficient (Wildman–Crippen LogP) is 6.22. The van der Waals surface area contributed by atoms with Gasteiger partial charge in [0, 0.05) is 33.7 Å². The summed E-state index contributed by atoms with van der Waals surface area (Å²) in [6.45, 7) is 4.49. The van der Waals surface area contributed by atoms with Crippen molar-refractivity contribution in [2.75, 3.05) is 28.4 Å². The Labute approximate surface area is 187 Å². The minimum Gasteiger partial charge on any atom is -0.493 e. The average Bonchev–Trinajstić information content (AvgIpc) is 3.43. The summed E-state index contributed by atoms with van der Waals surface area (Å²) in [6.07, 6.45) is 2.00. The van der Waals surface area contributed by atoms with Crippen LogP contribution in [0.25, 0.3) is 21.9 Å². The highest BCUT2D eigenvalue weighted by Gasteiger charge is 2.58. The molecule has 0 bridgehead atoms. The van der Waals surface area contributed by atoms with E-state index in [1.54, 1.807) is 28.4 Å². The Kier molecular flexibility index (Phi) is 4.59. The SMILES string of the molecule is COc1cc2cc([C@@]3(C)CC[C@]3(C)c3cc4cc(OC)c(OC)cc4o3)oc2cc1OC. The molecule has 2 heterocycles. The molecule has 1 fully saturated rings. The van der Waals surface area contributed by atoms with Crippen molar-refractivity contribution in [1.29, 1.82) is 0 Å². The van der Waals surface area contributed by atoms with Gasteiger partial charge in [0.2, 0.25) is 0 Å². The van der Waals surface area contributed by atoms with Crippen LogP contribution in [-0.4, -0.2) is 28.4 Å². The fourth-order valence-corrected chi connectivity index (χ4v) is 4.94. The van der Waals surface area contributed by atoms with E-state index in [0.717, 1.165) is 46.3 Å². The predicted molar refractivity (Wildman–Crippen MR) is 123 cm³/mol. The van der Waals surface area contributed by atoms with Gasteiger partial charge >= 0.3 is 0 Å². The van der Waals surface area contributed by atoms with Gasteiger partial charge in [0.25, 0.3) is 0 Å². The third-order valence-corrected chi connectivity index (χ3v) is 7.48. The summed E-state index contributed by atoms with van der Waals surface area (Å²) < 4.78 is 34.5. The highest BCUT2D eigenvalue weighted by molar-refractivity contribution is 5.84. The lowest BCUT2D eigenvalue weighted by atomic mass is 9.49. The zero-order valence-electron chi connectivity index (χ0n) is 19.3. The summed E-state index contributed by atoms with van der Waals surface area (Å²) in [5.41, 5.74) is 1.14. The van der Waals surface area contributed by atoms with Gasteiger partial charge in [-0.15, -0.1) is 0 Å². The Hall–Kier alpha value is -3.28. The van der Waals surface area contributed by atoms with E-state index < -0.39 is 0 Å². The third kappa shape index (κ3) is 2.71. The largest absolute Gasteiger partial charge is 0.493 e. The van der Waals surface area contributed by atoms with Gasteiger partial charge in [-0.05, 0) is 37.1 Å². The Morgan fingerprint density at radius 1 is 0.562 bits per heavy atom. The van der Waals surface area contributed by atoms with E-state index in [4.69, 9.17) is 27.8 Å². The number of fused-ring (bicyclic) bond motifs is 2. The first kappa shape index (κ1) is 20.6. The summed E-state index contributed by atoms with van der Waals surface area (Å²) in [5.74, 6) is 4.56. The molecule has 2 atom stereocenters. The summed E-state index contributed by atoms with van der Waals surface area (Å²) >= 11 is 0. The van der Waals surface area contributed by atoms with Crippen LogP contribution in [0.3, 0.4) is 0 Å². The van der Waals surface area contributed by atoms with Crippen molar-refractivity contribution in [3.05, 3.63) is 47.9 Å². The summed E-state index contributed by atoms with van der Waals surface area (Å²) in [5, 5.41) is 1.99. The molecule has 0 aliphatic heterocycles. The molecular weight excluding hydrogens is 408 g/mol. The molecule has 0 spiro atoms. The molecule has 5 rings (SSSR count). The van der Waals surface area contributed by atoms with E-state index in [9.17, 15) is 0 Å². The van der Waals surface area contributed by atoms with E-state index in [2.05, 4.69) is 26.0 Å². The van der Waals surface area contributed by atoms with Crippen LogP contribution in [-0.2, 0) is 10.8 Å². The molecule has 0 amide bonds. The second-order valence-corrected chi connectivity index (χ2v) is 8.88. The number of ether oxygens (including phenoxy) is 4. The van der Waals surface area contributed by atoms with Crippen LogP contribution in [0.5, 0.6) is 23.0 Å². The number of benzene rings is 2. The fourth-order valence-electron chi connectivity index (χ4n) is 4.94. The van der Waals surface area contributed by atoms with Gasteiger partial charge in [0.15, 0.2) is 23.0 Å². The zero-order chi connectivity index (χ0) is 22.7. The number of hydrogen-bond acceptors (Lipinski definition) is 6. The molecule has 6 heteroatoms. The van der Waals surface area contributed by atoms with Crippen molar-refractivity contribution < 1.29 is 27.8 Å². The zero-order valence-corrected chi connectivity index (χ0v) is 19.3. The van der Waals surface area contributed by atoms with Crippen molar-refractivity contribution in [3.8, 4) is 23.0 Å². The fraction of sp³-hybridized carbons (Fsp3) is 0.385. The number of methoxy groups -OCH3 is 4. The molecule has 0 saturated heterocycles. The lowest BCUT2D eigenvalue weighted by molar-refractivity contribution is 0.0657. The van der Waals surface area contributed by atoms with Gasteiger partial charge < -0.3 is 27.8 Å². The lowest BCUT2D eigenvalue weighted by Crippen LogP contribution is -2.53. The maximum absolute atomic E-state index is 6.36. The van der Waals surface area contributed by atoms with Crippen LogP contribution < -0.4 is 18.9 Å². The second kappa shape index (κ2) is 7.12. The minimum atomic E-state index is -0.214. The summed E-state index contributed by atoms with van der Waals surface area (Å²) in [6, 6.07) is 11.9. The van der Waals surface area contributed by atoms with Gasteiger partial charge in [-0.25, -0.2) is 0 Å². The van der Waals surface area contributed by atoms with E-state index in [1.807, 2.05) is 24.3 Å². The normalized spacial score (nSPS) is 22.7. The number of rotatable bonds is 6. The highest BCUT2D eigenvalue weighted by atomic mass is 16.5. The number of furan rings is 2. The molecule has 1 aliphatic carbocycles. The van der Waals surface area contributed by atoms with Gasteiger partial charge in [-0.2, -0.15) is 0 Å². The molecule has 1 aliphatic rings. The molecular formula is C26H28O6. The van der Waals surface area contributed by atoms with Gasteiger partial charge in [0.1, 0.15) is 22.7 Å². The summed E-state index contributed by atoms with van der Waals surface area (Å²) in [4.78, 5) is 0. The van der Waals surface area contributed by atoms with Crippen molar-refractivity contribution in [1.82, 2.24) is 0 Å². The minimum absolute atomic E-state index is 0.214. The molecule has 4 aromatic rings. The van der Waals surface area contributed by atoms with Crippen molar-refractivity contribution in [3.63, 3.8) is 0 Å². The highest BCUT2D eigenvalue weighted by Crippen LogP contribution is 2.60. The first-order valence-electron chi connectivity index (χ1n) is 10.7. The molecule has 2 aromatic carbocycles. The van der Waals surface area contributed by atoms with E-state index in [-0.39, 0.29) is 10.8 Å². The van der Waals surface area contributed by atoms with Crippen LogP contribution in [0.15, 0.2) is 45.2 Å². The Morgan fingerprint density at radius 2 is 0.906 bits per heavy atom. The quantitative estimate of drug-likeness (QED) is 0.357. The summed E-state index contributed by atoms with van der Waals surface area (Å²) in [7, 11) is 6.54. The van der Waals surface area contributed by atoms with Crippen LogP contribution in [0.1, 0.15) is 38.2 Å². The van der Waals surface area contributed by atoms with Crippen molar-refractivity contribution in [2.24, 2.45) is 0 Å². The van der Waals surface area contributed by atoms with Crippen LogP contribution >= 0.6 is 0 Å². The standard InChI is InChI=1S/C26H28O6/c1-25(23-11-15-9-19(27-3)21(29-5)13-17(15)31-23)7-8-26(25,2)24-12-16-10-20(28-4)22(30-6)14-18(16)32-24/h9-14H,7-8H2,1-6H3/t25-,26-/m1/s1. The maximum atomic E-state index is 6.36. The first-order chi connectivity index (χ1) is 15.4. The maximum Gasteiger partial charge on any atom is 0.164 e. The van der Waals surface area contributed by atoms with E-state index in [0.29, 0.717) is 23.0 Å². The molecule has 0 radical (unpaired) electrons. The average molecular weight is 437 g/mol. The van der Waals surface area contributed by atoms with E-state index in [1.165, 1.54) is 0 Å². The van der Waals surface area contributed by atoms with Gasteiger partial charge in [-0.1, -0.05) is 13.8 Å². The van der Waals surface area contributed by atoms with Gasteiger partial charge in [0.05, 0.1) is 28.4 Å². The molecule has 6 nitrogen and oxygen atoms in total. The molecule has 0 N–H and O–H groups in total. The van der Waals surface area contributed by atoms with Gasteiger partial charge in [-0.3, -0.25) is 0 Å². The molecule has 32 heavy (non-hydrogen) atoms. The lowest BCUT2D eigenvalue weighted by Gasteiger charge is -2.53. The number of hydrogen-bond donors (Lipinski definition) is 0. The van der Waals surface area contributed by atoms with Crippen LogP contribution in [0, 0.1) is 0 Å². The second-order valence-electron chi connectivity index (χ2n) is 8.88. The van der Waals surface area contributed by atoms with Crippen LogP contribution in [0.2, 0.25) is 0 Å². The van der Waals surface area contributed by atoms with Crippen LogP contribution in [0.4, 0.5) is 0 Å². The van der Waals surface area contributed by atoms with Crippen molar-refractivity contribution >= 4 is 21.9 Å². The Balaban J connectivity index is 1.59. The molecule has 168 valence electrons. The Morgan fingerprint density at radius 3 is 1.22 bits per heavy atom. The van der Waals surface area contributed by atoms with Crippen molar-refractivity contribution in [2.45, 2.75) is 37.5 Å². The molecule has 0 unspecified atom stereocenters. The molecule has 1 saturated carbocycles. The van der Waals surface area contributed by atoms with E-state index >= 15 is 0 Å². The topological polar surface area (TPSA) is 63.2 Å². The Bertz CT molecular complexity index is 1130. The smallest absolute Gasteiger partial charge is 0.164 e. The monoisotopic (exact) mass is 436 g/mol.